The number of ether oxygens (including phenoxy) is 1. The van der Waals surface area contributed by atoms with Crippen molar-refractivity contribution in [1.82, 2.24) is 10.2 Å². The minimum absolute atomic E-state index is 0.0907. The normalized spacial score (nSPS) is 18.2. The van der Waals surface area contributed by atoms with Crippen LogP contribution in [0.15, 0.2) is 18.2 Å². The highest BCUT2D eigenvalue weighted by atomic mass is 19.1. The van der Waals surface area contributed by atoms with Crippen molar-refractivity contribution in [3.63, 3.8) is 0 Å². The molecule has 6 nitrogen and oxygen atoms in total. The summed E-state index contributed by atoms with van der Waals surface area (Å²) in [5.41, 5.74) is 0.474. The van der Waals surface area contributed by atoms with E-state index in [0.29, 0.717) is 12.2 Å². The van der Waals surface area contributed by atoms with Crippen LogP contribution in [0.5, 0.6) is 5.75 Å². The summed E-state index contributed by atoms with van der Waals surface area (Å²) >= 11 is 0. The highest BCUT2D eigenvalue weighted by Crippen LogP contribution is 2.21. The van der Waals surface area contributed by atoms with Gasteiger partial charge in [-0.05, 0) is 37.9 Å². The zero-order valence-electron chi connectivity index (χ0n) is 14.1. The third kappa shape index (κ3) is 5.35. The van der Waals surface area contributed by atoms with E-state index < -0.39 is 5.82 Å². The lowest BCUT2D eigenvalue weighted by molar-refractivity contribution is 0.0894. The number of rotatable bonds is 7. The van der Waals surface area contributed by atoms with Gasteiger partial charge >= 0.3 is 6.03 Å². The number of carbonyl (C=O) groups is 1. The van der Waals surface area contributed by atoms with Crippen molar-refractivity contribution >= 4 is 11.7 Å². The fourth-order valence-corrected chi connectivity index (χ4v) is 2.96. The number of hydrogen-bond acceptors (Lipinski definition) is 4. The van der Waals surface area contributed by atoms with E-state index in [-0.39, 0.29) is 24.4 Å². The van der Waals surface area contributed by atoms with E-state index >= 15 is 0 Å². The van der Waals surface area contributed by atoms with Crippen LogP contribution in [0.4, 0.5) is 14.9 Å². The molecule has 0 aromatic heterocycles. The van der Waals surface area contributed by atoms with Crippen LogP contribution in [0.1, 0.15) is 25.7 Å². The van der Waals surface area contributed by atoms with E-state index in [4.69, 9.17) is 4.74 Å². The standard InChI is InChI=1S/C17H26FN3O3/c1-24-16-11-13(6-7-15(16)18)20-17(23)19-8-4-10-21-9-3-2-5-14(21)12-22/h6-7,11,14,22H,2-5,8-10,12H2,1H3,(H2,19,20,23). The lowest BCUT2D eigenvalue weighted by Crippen LogP contribution is -2.43. The molecule has 1 atom stereocenters. The molecule has 1 fully saturated rings. The average Bonchev–Trinajstić information content (AvgIpc) is 2.60. The van der Waals surface area contributed by atoms with Gasteiger partial charge in [-0.3, -0.25) is 4.90 Å². The number of halogens is 1. The van der Waals surface area contributed by atoms with Gasteiger partial charge < -0.3 is 20.5 Å². The molecule has 0 radical (unpaired) electrons. The molecule has 0 spiro atoms. The first-order valence-electron chi connectivity index (χ1n) is 8.37. The van der Waals surface area contributed by atoms with Crippen molar-refractivity contribution in [3.05, 3.63) is 24.0 Å². The molecule has 0 aliphatic carbocycles. The molecule has 0 bridgehead atoms. The van der Waals surface area contributed by atoms with Crippen molar-refractivity contribution in [1.29, 1.82) is 0 Å². The van der Waals surface area contributed by atoms with Gasteiger partial charge in [-0.2, -0.15) is 0 Å². The van der Waals surface area contributed by atoms with E-state index in [1.54, 1.807) is 0 Å². The Balaban J connectivity index is 1.69. The zero-order chi connectivity index (χ0) is 17.4. The number of aliphatic hydroxyl groups is 1. The number of aliphatic hydroxyl groups excluding tert-OH is 1. The molecular weight excluding hydrogens is 313 g/mol. The molecule has 1 aromatic carbocycles. The number of nitrogens with one attached hydrogen (secondary N) is 2. The number of nitrogens with zero attached hydrogens (tertiary/aromatic N) is 1. The quantitative estimate of drug-likeness (QED) is 0.666. The first-order chi connectivity index (χ1) is 11.6. The Morgan fingerprint density at radius 1 is 1.46 bits per heavy atom. The summed E-state index contributed by atoms with van der Waals surface area (Å²) in [6, 6.07) is 4.09. The Kier molecular flexibility index (Phi) is 7.27. The van der Waals surface area contributed by atoms with Gasteiger partial charge in [-0.15, -0.1) is 0 Å². The molecule has 24 heavy (non-hydrogen) atoms. The molecule has 2 amide bonds. The summed E-state index contributed by atoms with van der Waals surface area (Å²) in [5.74, 6) is -0.378. The zero-order valence-corrected chi connectivity index (χ0v) is 14.1. The Morgan fingerprint density at radius 2 is 2.29 bits per heavy atom. The lowest BCUT2D eigenvalue weighted by atomic mass is 10.0. The Morgan fingerprint density at radius 3 is 3.04 bits per heavy atom. The summed E-state index contributed by atoms with van der Waals surface area (Å²) in [7, 11) is 1.38. The molecule has 1 aliphatic rings. The topological polar surface area (TPSA) is 73.8 Å². The van der Waals surface area contributed by atoms with Crippen molar-refractivity contribution in [2.24, 2.45) is 0 Å². The smallest absolute Gasteiger partial charge is 0.319 e. The number of carbonyl (C=O) groups excluding carboxylic acids is 1. The highest BCUT2D eigenvalue weighted by molar-refractivity contribution is 5.89. The largest absolute Gasteiger partial charge is 0.494 e. The first kappa shape index (κ1) is 18.5. The van der Waals surface area contributed by atoms with Crippen molar-refractivity contribution in [2.75, 3.05) is 38.7 Å². The predicted octanol–water partition coefficient (Wildman–Crippen LogP) is 2.19. The number of amides is 2. The van der Waals surface area contributed by atoms with Crippen LogP contribution in [0.2, 0.25) is 0 Å². The van der Waals surface area contributed by atoms with Gasteiger partial charge in [0.25, 0.3) is 0 Å². The van der Waals surface area contributed by atoms with Gasteiger partial charge in [0.2, 0.25) is 0 Å². The third-order valence-corrected chi connectivity index (χ3v) is 4.28. The maximum atomic E-state index is 13.3. The van der Waals surface area contributed by atoms with Crippen LogP contribution in [0.3, 0.4) is 0 Å². The van der Waals surface area contributed by atoms with Crippen molar-refractivity contribution < 1.29 is 19.0 Å². The van der Waals surface area contributed by atoms with Gasteiger partial charge in [0.05, 0.1) is 13.7 Å². The van der Waals surface area contributed by atoms with Crippen LogP contribution in [0, 0.1) is 5.82 Å². The second kappa shape index (κ2) is 9.44. The van der Waals surface area contributed by atoms with Crippen LogP contribution in [-0.4, -0.2) is 55.4 Å². The molecule has 1 unspecified atom stereocenters. The minimum Gasteiger partial charge on any atom is -0.494 e. The fraction of sp³-hybridized carbons (Fsp3) is 0.588. The van der Waals surface area contributed by atoms with Gasteiger partial charge in [0.15, 0.2) is 11.6 Å². The molecule has 134 valence electrons. The molecule has 1 aromatic rings. The summed E-state index contributed by atoms with van der Waals surface area (Å²) in [4.78, 5) is 14.1. The predicted molar refractivity (Wildman–Crippen MR) is 90.9 cm³/mol. The number of urea groups is 1. The van der Waals surface area contributed by atoms with Crippen LogP contribution < -0.4 is 15.4 Å². The van der Waals surface area contributed by atoms with Gasteiger partial charge in [0, 0.05) is 30.9 Å². The summed E-state index contributed by atoms with van der Waals surface area (Å²) in [5, 5.41) is 14.8. The molecule has 1 saturated heterocycles. The highest BCUT2D eigenvalue weighted by Gasteiger charge is 2.20. The van der Waals surface area contributed by atoms with E-state index in [2.05, 4.69) is 15.5 Å². The fourth-order valence-electron chi connectivity index (χ4n) is 2.96. The van der Waals surface area contributed by atoms with Crippen molar-refractivity contribution in [3.8, 4) is 5.75 Å². The molecule has 2 rings (SSSR count). The SMILES string of the molecule is COc1cc(NC(=O)NCCCN2CCCCC2CO)ccc1F. The lowest BCUT2D eigenvalue weighted by Gasteiger charge is -2.34. The van der Waals surface area contributed by atoms with Gasteiger partial charge in [0.1, 0.15) is 0 Å². The average molecular weight is 339 g/mol. The maximum absolute atomic E-state index is 13.3. The molecule has 3 N–H and O–H groups in total. The molecule has 7 heteroatoms. The number of benzene rings is 1. The first-order valence-corrected chi connectivity index (χ1v) is 8.37. The molecule has 0 saturated carbocycles. The van der Waals surface area contributed by atoms with E-state index in [9.17, 15) is 14.3 Å². The number of methoxy groups -OCH3 is 1. The van der Waals surface area contributed by atoms with Crippen LogP contribution in [0.25, 0.3) is 0 Å². The van der Waals surface area contributed by atoms with Crippen molar-refractivity contribution in [2.45, 2.75) is 31.7 Å². The second-order valence-corrected chi connectivity index (χ2v) is 5.95. The third-order valence-electron chi connectivity index (χ3n) is 4.28. The van der Waals surface area contributed by atoms with E-state index in [0.717, 1.165) is 32.4 Å². The molecule has 1 aliphatic heterocycles. The number of likely N-dealkylation sites (tertiary alicyclic amines) is 1. The minimum atomic E-state index is -0.469. The number of anilines is 1. The number of piperidine rings is 1. The summed E-state index contributed by atoms with van der Waals surface area (Å²) in [6.07, 6.45) is 4.19. The summed E-state index contributed by atoms with van der Waals surface area (Å²) in [6.45, 7) is 2.60. The Bertz CT molecular complexity index is 542. The van der Waals surface area contributed by atoms with E-state index in [1.165, 1.54) is 31.7 Å². The molecular formula is C17H26FN3O3. The molecule has 1 heterocycles. The second-order valence-electron chi connectivity index (χ2n) is 5.95. The van der Waals surface area contributed by atoms with Crippen LogP contribution >= 0.6 is 0 Å². The van der Waals surface area contributed by atoms with E-state index in [1.807, 2.05) is 0 Å². The number of hydrogen-bond donors (Lipinski definition) is 3. The van der Waals surface area contributed by atoms with Gasteiger partial charge in [-0.25, -0.2) is 9.18 Å². The maximum Gasteiger partial charge on any atom is 0.319 e. The Labute approximate surface area is 142 Å². The summed E-state index contributed by atoms with van der Waals surface area (Å²) < 4.78 is 18.2. The monoisotopic (exact) mass is 339 g/mol. The Hall–Kier alpha value is -1.86. The van der Waals surface area contributed by atoms with Gasteiger partial charge in [-0.1, -0.05) is 6.42 Å². The van der Waals surface area contributed by atoms with Crippen LogP contribution in [-0.2, 0) is 0 Å².